The van der Waals surface area contributed by atoms with Crippen molar-refractivity contribution >= 4 is 51.6 Å². The summed E-state index contributed by atoms with van der Waals surface area (Å²) in [4.78, 5) is 6.96. The molecular formula is C17H26BrIN4. The van der Waals surface area contributed by atoms with E-state index in [9.17, 15) is 0 Å². The first kappa shape index (κ1) is 18.8. The molecule has 128 valence electrons. The molecule has 1 saturated heterocycles. The minimum absolute atomic E-state index is 0. The van der Waals surface area contributed by atoms with Gasteiger partial charge in [0.05, 0.1) is 0 Å². The van der Waals surface area contributed by atoms with E-state index in [0.29, 0.717) is 11.9 Å². The maximum atomic E-state index is 5.96. The number of benzene rings is 1. The molecule has 2 aliphatic rings. The number of hydrogen-bond donors (Lipinski definition) is 2. The molecule has 1 aliphatic heterocycles. The predicted octanol–water partition coefficient (Wildman–Crippen LogP) is 3.60. The summed E-state index contributed by atoms with van der Waals surface area (Å²) in [6.07, 6.45) is 5.24. The Balaban J connectivity index is 0.00000192. The summed E-state index contributed by atoms with van der Waals surface area (Å²) in [6.45, 7) is 4.00. The third-order valence-corrected chi connectivity index (χ3v) is 5.32. The van der Waals surface area contributed by atoms with Crippen molar-refractivity contribution in [1.29, 1.82) is 0 Å². The Morgan fingerprint density at radius 1 is 1.22 bits per heavy atom. The van der Waals surface area contributed by atoms with Crippen molar-refractivity contribution in [3.63, 3.8) is 0 Å². The number of hydrogen-bond acceptors (Lipinski definition) is 2. The summed E-state index contributed by atoms with van der Waals surface area (Å²) in [7, 11) is 0. The molecule has 1 unspecified atom stereocenters. The second kappa shape index (κ2) is 9.11. The Kier molecular flexibility index (Phi) is 7.46. The maximum absolute atomic E-state index is 5.96. The standard InChI is InChI=1S/C17H25BrN4.HI/c18-15-4-6-16(7-5-15)22-9-8-14(12-22)11-21-17(19)20-10-13-2-1-3-13;/h4-7,13-14H,1-3,8-12H2,(H3,19,20,21);1H. The number of halogens is 2. The first-order valence-electron chi connectivity index (χ1n) is 8.25. The molecule has 1 heterocycles. The van der Waals surface area contributed by atoms with Crippen LogP contribution in [0.5, 0.6) is 0 Å². The van der Waals surface area contributed by atoms with Crippen LogP contribution in [-0.4, -0.2) is 32.1 Å². The monoisotopic (exact) mass is 492 g/mol. The van der Waals surface area contributed by atoms with Crippen LogP contribution in [0, 0.1) is 11.8 Å². The van der Waals surface area contributed by atoms with Crippen molar-refractivity contribution in [3.8, 4) is 0 Å². The first-order valence-corrected chi connectivity index (χ1v) is 9.04. The summed E-state index contributed by atoms with van der Waals surface area (Å²) in [5.74, 6) is 2.04. The number of nitrogens with one attached hydrogen (secondary N) is 1. The predicted molar refractivity (Wildman–Crippen MR) is 112 cm³/mol. The van der Waals surface area contributed by atoms with Crippen LogP contribution in [0.1, 0.15) is 25.7 Å². The lowest BCUT2D eigenvalue weighted by Gasteiger charge is -2.25. The van der Waals surface area contributed by atoms with E-state index in [0.717, 1.165) is 36.6 Å². The fraction of sp³-hybridized carbons (Fsp3) is 0.588. The van der Waals surface area contributed by atoms with E-state index in [1.807, 2.05) is 0 Å². The van der Waals surface area contributed by atoms with Gasteiger partial charge < -0.3 is 16.0 Å². The third kappa shape index (κ3) is 5.52. The van der Waals surface area contributed by atoms with Gasteiger partial charge in [-0.05, 0) is 55.4 Å². The van der Waals surface area contributed by atoms with Crippen molar-refractivity contribution in [3.05, 3.63) is 28.7 Å². The average Bonchev–Trinajstić information content (AvgIpc) is 2.93. The summed E-state index contributed by atoms with van der Waals surface area (Å²) in [6, 6.07) is 8.54. The van der Waals surface area contributed by atoms with Crippen molar-refractivity contribution in [2.45, 2.75) is 25.7 Å². The molecule has 1 aromatic rings. The lowest BCUT2D eigenvalue weighted by molar-refractivity contribution is 0.315. The molecule has 0 bridgehead atoms. The van der Waals surface area contributed by atoms with Crippen molar-refractivity contribution in [2.24, 2.45) is 22.6 Å². The molecule has 23 heavy (non-hydrogen) atoms. The summed E-state index contributed by atoms with van der Waals surface area (Å²) < 4.78 is 1.13. The van der Waals surface area contributed by atoms with Crippen LogP contribution in [0.4, 0.5) is 5.69 Å². The van der Waals surface area contributed by atoms with Crippen molar-refractivity contribution < 1.29 is 0 Å². The van der Waals surface area contributed by atoms with E-state index < -0.39 is 0 Å². The van der Waals surface area contributed by atoms with Crippen LogP contribution in [0.3, 0.4) is 0 Å². The fourth-order valence-electron chi connectivity index (χ4n) is 3.10. The van der Waals surface area contributed by atoms with E-state index in [1.165, 1.54) is 31.4 Å². The van der Waals surface area contributed by atoms with Gasteiger partial charge in [0.1, 0.15) is 0 Å². The van der Waals surface area contributed by atoms with E-state index in [-0.39, 0.29) is 24.0 Å². The van der Waals surface area contributed by atoms with Gasteiger partial charge in [-0.2, -0.15) is 0 Å². The summed E-state index contributed by atoms with van der Waals surface area (Å²) >= 11 is 3.48. The smallest absolute Gasteiger partial charge is 0.188 e. The highest BCUT2D eigenvalue weighted by molar-refractivity contribution is 14.0. The minimum atomic E-state index is 0. The average molecular weight is 493 g/mol. The van der Waals surface area contributed by atoms with Crippen LogP contribution >= 0.6 is 39.9 Å². The molecular weight excluding hydrogens is 467 g/mol. The maximum Gasteiger partial charge on any atom is 0.188 e. The summed E-state index contributed by atoms with van der Waals surface area (Å²) in [5, 5.41) is 3.27. The SMILES string of the molecule is I.NC(=NCC1CCN(c2ccc(Br)cc2)C1)NCC1CCC1. The first-order chi connectivity index (χ1) is 10.7. The van der Waals surface area contributed by atoms with Gasteiger partial charge in [0.25, 0.3) is 0 Å². The quantitative estimate of drug-likeness (QED) is 0.375. The Hall–Kier alpha value is -0.500. The van der Waals surface area contributed by atoms with E-state index in [2.05, 4.69) is 55.4 Å². The normalized spacial score (nSPS) is 21.7. The number of aliphatic imine (C=N–C) groups is 1. The zero-order valence-electron chi connectivity index (χ0n) is 13.4. The molecule has 6 heteroatoms. The molecule has 2 fully saturated rings. The van der Waals surface area contributed by atoms with Gasteiger partial charge in [-0.15, -0.1) is 24.0 Å². The second-order valence-electron chi connectivity index (χ2n) is 6.48. The zero-order valence-corrected chi connectivity index (χ0v) is 17.3. The van der Waals surface area contributed by atoms with Gasteiger partial charge in [0, 0.05) is 36.3 Å². The molecule has 1 aliphatic carbocycles. The lowest BCUT2D eigenvalue weighted by Crippen LogP contribution is -2.37. The highest BCUT2D eigenvalue weighted by Crippen LogP contribution is 2.26. The number of guanidine groups is 1. The number of nitrogens with zero attached hydrogens (tertiary/aromatic N) is 2. The highest BCUT2D eigenvalue weighted by Gasteiger charge is 2.22. The topological polar surface area (TPSA) is 53.6 Å². The Labute approximate surface area is 164 Å². The van der Waals surface area contributed by atoms with Gasteiger partial charge in [-0.25, -0.2) is 0 Å². The fourth-order valence-corrected chi connectivity index (χ4v) is 3.36. The van der Waals surface area contributed by atoms with E-state index in [1.54, 1.807) is 0 Å². The van der Waals surface area contributed by atoms with E-state index >= 15 is 0 Å². The Morgan fingerprint density at radius 3 is 2.61 bits per heavy atom. The van der Waals surface area contributed by atoms with Gasteiger partial charge in [0.2, 0.25) is 0 Å². The molecule has 1 atom stereocenters. The van der Waals surface area contributed by atoms with Crippen LogP contribution in [0.25, 0.3) is 0 Å². The largest absolute Gasteiger partial charge is 0.371 e. The van der Waals surface area contributed by atoms with Gasteiger partial charge in [0.15, 0.2) is 5.96 Å². The second-order valence-corrected chi connectivity index (χ2v) is 7.40. The molecule has 4 nitrogen and oxygen atoms in total. The Bertz CT molecular complexity index is 516. The van der Waals surface area contributed by atoms with Crippen LogP contribution < -0.4 is 16.0 Å². The van der Waals surface area contributed by atoms with Crippen molar-refractivity contribution in [1.82, 2.24) is 5.32 Å². The molecule has 1 saturated carbocycles. The van der Waals surface area contributed by atoms with E-state index in [4.69, 9.17) is 5.73 Å². The molecule has 3 rings (SSSR count). The molecule has 0 aromatic heterocycles. The lowest BCUT2D eigenvalue weighted by atomic mass is 9.85. The van der Waals surface area contributed by atoms with Crippen LogP contribution in [-0.2, 0) is 0 Å². The van der Waals surface area contributed by atoms with Gasteiger partial charge in [-0.1, -0.05) is 22.4 Å². The van der Waals surface area contributed by atoms with Gasteiger partial charge >= 0.3 is 0 Å². The van der Waals surface area contributed by atoms with Crippen molar-refractivity contribution in [2.75, 3.05) is 31.1 Å². The third-order valence-electron chi connectivity index (χ3n) is 4.79. The molecule has 3 N–H and O–H groups in total. The van der Waals surface area contributed by atoms with Gasteiger partial charge in [-0.3, -0.25) is 4.99 Å². The number of nitrogens with two attached hydrogens (primary N) is 1. The molecule has 1 aromatic carbocycles. The zero-order chi connectivity index (χ0) is 15.4. The summed E-state index contributed by atoms with van der Waals surface area (Å²) in [5.41, 5.74) is 7.26. The number of anilines is 1. The molecule has 0 amide bonds. The Morgan fingerprint density at radius 2 is 1.96 bits per heavy atom. The molecule has 0 spiro atoms. The van der Waals surface area contributed by atoms with Crippen LogP contribution in [0.2, 0.25) is 0 Å². The van der Waals surface area contributed by atoms with Crippen LogP contribution in [0.15, 0.2) is 33.7 Å². The number of rotatable bonds is 5. The molecule has 0 radical (unpaired) electrons. The highest BCUT2D eigenvalue weighted by atomic mass is 127. The minimum Gasteiger partial charge on any atom is -0.371 e.